The van der Waals surface area contributed by atoms with E-state index in [0.29, 0.717) is 12.4 Å². The van der Waals surface area contributed by atoms with Gasteiger partial charge in [-0.25, -0.2) is 4.99 Å². The minimum Gasteiger partial charge on any atom is -0.491 e. The molecule has 0 saturated carbocycles. The van der Waals surface area contributed by atoms with E-state index < -0.39 is 0 Å². The maximum atomic E-state index is 8.64. The Bertz CT molecular complexity index is 246. The van der Waals surface area contributed by atoms with Crippen LogP contribution in [0, 0.1) is 11.3 Å². The van der Waals surface area contributed by atoms with Gasteiger partial charge in [-0.1, -0.05) is 6.58 Å². The summed E-state index contributed by atoms with van der Waals surface area (Å²) in [5, 5.41) is 8.64. The second kappa shape index (κ2) is 6.17. The van der Waals surface area contributed by atoms with Gasteiger partial charge in [0.15, 0.2) is 11.5 Å². The van der Waals surface area contributed by atoms with Gasteiger partial charge in [0.2, 0.25) is 0 Å². The van der Waals surface area contributed by atoms with Crippen LogP contribution >= 0.6 is 0 Å². The highest BCUT2D eigenvalue weighted by Gasteiger charge is 2.00. The van der Waals surface area contributed by atoms with Gasteiger partial charge in [-0.15, -0.1) is 0 Å². The van der Waals surface area contributed by atoms with Crippen molar-refractivity contribution in [2.24, 2.45) is 4.99 Å². The topological polar surface area (TPSA) is 45.4 Å². The van der Waals surface area contributed by atoms with Crippen molar-refractivity contribution in [2.75, 3.05) is 6.61 Å². The monoisotopic (exact) mass is 164 g/mol. The highest BCUT2D eigenvalue weighted by atomic mass is 16.5. The van der Waals surface area contributed by atoms with Gasteiger partial charge in [0.1, 0.15) is 6.07 Å². The fourth-order valence-electron chi connectivity index (χ4n) is 0.656. The van der Waals surface area contributed by atoms with Gasteiger partial charge in [-0.05, 0) is 19.9 Å². The predicted molar refractivity (Wildman–Crippen MR) is 48.6 cm³/mol. The molecule has 0 aliphatic carbocycles. The van der Waals surface area contributed by atoms with Gasteiger partial charge in [-0.2, -0.15) is 5.26 Å². The summed E-state index contributed by atoms with van der Waals surface area (Å²) in [6.45, 7) is 7.61. The summed E-state index contributed by atoms with van der Waals surface area (Å²) >= 11 is 0. The van der Waals surface area contributed by atoms with Crippen LogP contribution in [0.2, 0.25) is 0 Å². The normalized spacial score (nSPS) is 12.1. The summed E-state index contributed by atoms with van der Waals surface area (Å²) in [7, 11) is 0. The molecular formula is C9H12N2O. The molecule has 0 amide bonds. The average Bonchev–Trinajstić information content (AvgIpc) is 2.11. The van der Waals surface area contributed by atoms with E-state index in [0.717, 1.165) is 0 Å². The smallest absolute Gasteiger partial charge is 0.182 e. The van der Waals surface area contributed by atoms with Crippen LogP contribution in [0.25, 0.3) is 0 Å². The molecule has 0 aromatic carbocycles. The fourth-order valence-corrected chi connectivity index (χ4v) is 0.656. The van der Waals surface area contributed by atoms with Crippen LogP contribution in [0.1, 0.15) is 13.8 Å². The Labute approximate surface area is 72.7 Å². The number of rotatable bonds is 4. The summed E-state index contributed by atoms with van der Waals surface area (Å²) in [6, 6.07) is 1.92. The largest absolute Gasteiger partial charge is 0.491 e. The van der Waals surface area contributed by atoms with Gasteiger partial charge in [-0.3, -0.25) is 0 Å². The number of nitriles is 1. The van der Waals surface area contributed by atoms with E-state index in [1.165, 1.54) is 6.08 Å². The van der Waals surface area contributed by atoms with Crippen molar-refractivity contribution in [1.82, 2.24) is 0 Å². The zero-order valence-corrected chi connectivity index (χ0v) is 7.37. The highest BCUT2D eigenvalue weighted by molar-refractivity contribution is 5.57. The van der Waals surface area contributed by atoms with Crippen molar-refractivity contribution in [1.29, 1.82) is 5.26 Å². The lowest BCUT2D eigenvalue weighted by molar-refractivity contribution is 0.240. The molecule has 0 spiro atoms. The summed E-state index contributed by atoms with van der Waals surface area (Å²) in [5.74, 6) is 0.429. The van der Waals surface area contributed by atoms with Crippen LogP contribution in [0.4, 0.5) is 0 Å². The molecule has 0 fully saturated rings. The van der Waals surface area contributed by atoms with Crippen LogP contribution in [0.15, 0.2) is 29.1 Å². The Balaban J connectivity index is 4.76. The first-order valence-electron chi connectivity index (χ1n) is 3.68. The Kier molecular flexibility index (Phi) is 5.37. The molecule has 3 heteroatoms. The third kappa shape index (κ3) is 3.02. The first kappa shape index (κ1) is 10.4. The summed E-state index contributed by atoms with van der Waals surface area (Å²) < 4.78 is 5.12. The lowest BCUT2D eigenvalue weighted by Gasteiger charge is -2.02. The number of hydrogen-bond donors (Lipinski definition) is 0. The van der Waals surface area contributed by atoms with Crippen molar-refractivity contribution < 1.29 is 4.74 Å². The minimum absolute atomic E-state index is 0.259. The molecule has 0 radical (unpaired) electrons. The molecular weight excluding hydrogens is 152 g/mol. The third-order valence-electron chi connectivity index (χ3n) is 1.08. The second-order valence-electron chi connectivity index (χ2n) is 1.85. The summed E-state index contributed by atoms with van der Waals surface area (Å²) in [6.07, 6.45) is 3.02. The highest BCUT2D eigenvalue weighted by Crippen LogP contribution is 2.07. The van der Waals surface area contributed by atoms with Gasteiger partial charge in [0, 0.05) is 6.21 Å². The van der Waals surface area contributed by atoms with E-state index in [9.17, 15) is 0 Å². The molecule has 0 bridgehead atoms. The van der Waals surface area contributed by atoms with E-state index in [1.54, 1.807) is 13.1 Å². The zero-order valence-electron chi connectivity index (χ0n) is 7.37. The number of allylic oxidation sites excluding steroid dienone is 2. The lowest BCUT2D eigenvalue weighted by Crippen LogP contribution is -1.92. The van der Waals surface area contributed by atoms with Crippen LogP contribution in [0.5, 0.6) is 0 Å². The van der Waals surface area contributed by atoms with Crippen molar-refractivity contribution >= 4 is 6.21 Å². The Hall–Kier alpha value is -1.56. The molecule has 0 atom stereocenters. The molecule has 3 nitrogen and oxygen atoms in total. The molecule has 0 N–H and O–H groups in total. The number of ether oxygens (including phenoxy) is 1. The minimum atomic E-state index is 0.259. The van der Waals surface area contributed by atoms with E-state index in [2.05, 4.69) is 11.6 Å². The molecule has 0 aromatic heterocycles. The molecule has 0 aliphatic rings. The van der Waals surface area contributed by atoms with Gasteiger partial charge in [0.25, 0.3) is 0 Å². The number of hydrogen-bond acceptors (Lipinski definition) is 3. The first-order chi connectivity index (χ1) is 5.79. The molecule has 0 rings (SSSR count). The maximum Gasteiger partial charge on any atom is 0.182 e. The quantitative estimate of drug-likeness (QED) is 0.276. The van der Waals surface area contributed by atoms with E-state index in [1.807, 2.05) is 13.0 Å². The Morgan fingerprint density at radius 1 is 1.75 bits per heavy atom. The van der Waals surface area contributed by atoms with Crippen molar-refractivity contribution in [3.8, 4) is 6.07 Å². The second-order valence-corrected chi connectivity index (χ2v) is 1.85. The maximum absolute atomic E-state index is 8.64. The Morgan fingerprint density at radius 3 is 2.75 bits per heavy atom. The van der Waals surface area contributed by atoms with Crippen molar-refractivity contribution in [3.05, 3.63) is 24.1 Å². The SMILES string of the molecule is C=C/C(OCC)=C(/C#N)N=CC. The fraction of sp³-hybridized carbons (Fsp3) is 0.333. The van der Waals surface area contributed by atoms with E-state index >= 15 is 0 Å². The Morgan fingerprint density at radius 2 is 2.42 bits per heavy atom. The molecule has 0 saturated heterocycles. The van der Waals surface area contributed by atoms with Crippen LogP contribution < -0.4 is 0 Å². The molecule has 64 valence electrons. The predicted octanol–water partition coefficient (Wildman–Crippen LogP) is 2.03. The van der Waals surface area contributed by atoms with Crippen LogP contribution in [-0.4, -0.2) is 12.8 Å². The van der Waals surface area contributed by atoms with Crippen molar-refractivity contribution in [2.45, 2.75) is 13.8 Å². The zero-order chi connectivity index (χ0) is 9.40. The number of aliphatic imine (C=N–C) groups is 1. The molecule has 0 aromatic rings. The van der Waals surface area contributed by atoms with Gasteiger partial charge in [0.05, 0.1) is 6.61 Å². The first-order valence-corrected chi connectivity index (χ1v) is 3.68. The molecule has 0 heterocycles. The van der Waals surface area contributed by atoms with Crippen LogP contribution in [-0.2, 0) is 4.74 Å². The molecule has 0 aliphatic heterocycles. The van der Waals surface area contributed by atoms with Gasteiger partial charge < -0.3 is 4.74 Å². The van der Waals surface area contributed by atoms with E-state index in [4.69, 9.17) is 10.00 Å². The summed E-state index contributed by atoms with van der Waals surface area (Å²) in [5.41, 5.74) is 0.259. The van der Waals surface area contributed by atoms with Gasteiger partial charge >= 0.3 is 0 Å². The van der Waals surface area contributed by atoms with Crippen LogP contribution in [0.3, 0.4) is 0 Å². The van der Waals surface area contributed by atoms with E-state index in [-0.39, 0.29) is 5.70 Å². The molecule has 0 unspecified atom stereocenters. The molecule has 12 heavy (non-hydrogen) atoms. The standard InChI is InChI=1S/C9H12N2O/c1-4-9(12-6-3)8(7-10)11-5-2/h4-5H,1,6H2,2-3H3/b9-8+,11-5?. The third-order valence-corrected chi connectivity index (χ3v) is 1.08. The number of nitrogens with zero attached hydrogens (tertiary/aromatic N) is 2. The lowest BCUT2D eigenvalue weighted by atomic mass is 10.4. The average molecular weight is 164 g/mol. The van der Waals surface area contributed by atoms with Crippen molar-refractivity contribution in [3.63, 3.8) is 0 Å². The summed E-state index contributed by atoms with van der Waals surface area (Å²) in [4.78, 5) is 3.83.